The predicted molar refractivity (Wildman–Crippen MR) is 136 cm³/mol. The highest BCUT2D eigenvalue weighted by atomic mass is 16.5. The number of hydrogen-bond acceptors (Lipinski definition) is 4. The summed E-state index contributed by atoms with van der Waals surface area (Å²) >= 11 is 0. The van der Waals surface area contributed by atoms with Gasteiger partial charge in [-0.2, -0.15) is 0 Å². The molecule has 0 unspecified atom stereocenters. The number of rotatable bonds is 9. The van der Waals surface area contributed by atoms with Crippen LogP contribution in [-0.4, -0.2) is 17.0 Å². The second kappa shape index (κ2) is 10.6. The first-order chi connectivity index (χ1) is 15.3. The molecule has 0 aliphatic rings. The summed E-state index contributed by atoms with van der Waals surface area (Å²) in [4.78, 5) is 12.9. The molecule has 0 aromatic heterocycles. The smallest absolute Gasteiger partial charge is 0.185 e. The summed E-state index contributed by atoms with van der Waals surface area (Å²) in [7, 11) is 0. The highest BCUT2D eigenvalue weighted by Gasteiger charge is 2.22. The fourth-order valence-corrected chi connectivity index (χ4v) is 3.09. The molecule has 0 saturated heterocycles. The minimum Gasteiger partial charge on any atom is -0.487 e. The molecule has 0 amide bonds. The van der Waals surface area contributed by atoms with Crippen molar-refractivity contribution in [2.24, 2.45) is 0 Å². The molecule has 0 radical (unpaired) electrons. The van der Waals surface area contributed by atoms with E-state index in [1.165, 1.54) is 0 Å². The van der Waals surface area contributed by atoms with Gasteiger partial charge < -0.3 is 14.2 Å². The molecule has 0 aliphatic carbocycles. The lowest BCUT2D eigenvalue weighted by Crippen LogP contribution is -2.26. The topological polar surface area (TPSA) is 44.8 Å². The second-order valence-electron chi connectivity index (χ2n) is 9.91. The van der Waals surface area contributed by atoms with E-state index in [-0.39, 0.29) is 5.78 Å². The van der Waals surface area contributed by atoms with Crippen LogP contribution in [0.4, 0.5) is 0 Å². The third-order valence-electron chi connectivity index (χ3n) is 4.26. The van der Waals surface area contributed by atoms with Crippen LogP contribution in [0.3, 0.4) is 0 Å². The summed E-state index contributed by atoms with van der Waals surface area (Å²) in [5.41, 5.74) is 1.43. The van der Waals surface area contributed by atoms with Gasteiger partial charge in [0.1, 0.15) is 28.5 Å². The van der Waals surface area contributed by atoms with Crippen molar-refractivity contribution >= 4 is 11.9 Å². The average Bonchev–Trinajstić information content (AvgIpc) is 2.67. The molecule has 0 saturated carbocycles. The molecule has 4 heteroatoms. The molecule has 0 aliphatic heterocycles. The largest absolute Gasteiger partial charge is 0.487 e. The van der Waals surface area contributed by atoms with Crippen LogP contribution >= 0.6 is 0 Å². The van der Waals surface area contributed by atoms with E-state index in [9.17, 15) is 4.79 Å². The molecular weight excluding hydrogens is 412 g/mol. The number of carbonyl (C=O) groups excluding carboxylic acids is 1. The van der Waals surface area contributed by atoms with Crippen molar-refractivity contribution in [1.29, 1.82) is 0 Å². The van der Waals surface area contributed by atoms with Gasteiger partial charge in [0.2, 0.25) is 0 Å². The number of benzene rings is 2. The zero-order chi connectivity index (χ0) is 24.8. The average molecular weight is 449 g/mol. The summed E-state index contributed by atoms with van der Waals surface area (Å²) in [6.07, 6.45) is 5.80. The Morgan fingerprint density at radius 2 is 1.55 bits per heavy atom. The zero-order valence-corrected chi connectivity index (χ0v) is 21.0. The van der Waals surface area contributed by atoms with Gasteiger partial charge in [-0.15, -0.1) is 6.58 Å². The van der Waals surface area contributed by atoms with E-state index in [0.717, 1.165) is 11.1 Å². The Labute approximate surface area is 198 Å². The first-order valence-corrected chi connectivity index (χ1v) is 11.1. The first kappa shape index (κ1) is 26.0. The quantitative estimate of drug-likeness (QED) is 0.172. The fraction of sp³-hybridized carbons (Fsp3) is 0.345. The van der Waals surface area contributed by atoms with Crippen LogP contribution in [0.2, 0.25) is 0 Å². The van der Waals surface area contributed by atoms with Crippen molar-refractivity contribution < 1.29 is 19.0 Å². The molecule has 2 rings (SSSR count). The van der Waals surface area contributed by atoms with Gasteiger partial charge in [0.15, 0.2) is 5.78 Å². The van der Waals surface area contributed by atoms with E-state index in [4.69, 9.17) is 14.2 Å². The third kappa shape index (κ3) is 8.30. The fourth-order valence-electron chi connectivity index (χ4n) is 3.09. The summed E-state index contributed by atoms with van der Waals surface area (Å²) in [6, 6.07) is 10.9. The summed E-state index contributed by atoms with van der Waals surface area (Å²) < 4.78 is 18.0. The van der Waals surface area contributed by atoms with Crippen molar-refractivity contribution in [3.63, 3.8) is 0 Å². The second-order valence-corrected chi connectivity index (χ2v) is 9.91. The Balaban J connectivity index is 2.50. The van der Waals surface area contributed by atoms with Gasteiger partial charge in [-0.25, -0.2) is 0 Å². The van der Waals surface area contributed by atoms with E-state index >= 15 is 0 Å². The number of carbonyl (C=O) groups is 1. The summed E-state index contributed by atoms with van der Waals surface area (Å²) in [5, 5.41) is 0. The lowest BCUT2D eigenvalue weighted by molar-refractivity contribution is 0.104. The minimum atomic E-state index is -0.429. The van der Waals surface area contributed by atoms with Gasteiger partial charge in [0.05, 0.1) is 11.3 Å². The van der Waals surface area contributed by atoms with Crippen LogP contribution in [0.5, 0.6) is 17.2 Å². The van der Waals surface area contributed by atoms with Crippen molar-refractivity contribution in [2.45, 2.75) is 66.1 Å². The molecule has 0 N–H and O–H groups in total. The Morgan fingerprint density at radius 1 is 0.939 bits per heavy atom. The van der Waals surface area contributed by atoms with Gasteiger partial charge in [0.25, 0.3) is 0 Å². The van der Waals surface area contributed by atoms with E-state index in [1.54, 1.807) is 43.3 Å². The van der Waals surface area contributed by atoms with Crippen LogP contribution in [0, 0.1) is 0 Å². The Kier molecular flexibility index (Phi) is 8.32. The SMILES string of the molecule is C=CCc1ccc(OC(C)(C)C)c(C=CC(=O)c2ccc(OC(=C)C)cc2)c1OC(C)(C)C. The van der Waals surface area contributed by atoms with E-state index in [1.807, 2.05) is 59.8 Å². The molecular formula is C29H36O4. The summed E-state index contributed by atoms with van der Waals surface area (Å²) in [6.45, 7) is 21.3. The maximum atomic E-state index is 12.9. The van der Waals surface area contributed by atoms with E-state index < -0.39 is 11.2 Å². The van der Waals surface area contributed by atoms with Crippen LogP contribution < -0.4 is 14.2 Å². The molecule has 33 heavy (non-hydrogen) atoms. The van der Waals surface area contributed by atoms with Crippen molar-refractivity contribution in [3.8, 4) is 17.2 Å². The third-order valence-corrected chi connectivity index (χ3v) is 4.26. The maximum Gasteiger partial charge on any atom is 0.185 e. The number of ether oxygens (including phenoxy) is 3. The Morgan fingerprint density at radius 3 is 2.06 bits per heavy atom. The first-order valence-electron chi connectivity index (χ1n) is 11.1. The Hall–Kier alpha value is -3.27. The predicted octanol–water partition coefficient (Wildman–Crippen LogP) is 7.58. The van der Waals surface area contributed by atoms with Gasteiger partial charge in [0, 0.05) is 5.56 Å². The highest BCUT2D eigenvalue weighted by Crippen LogP contribution is 2.38. The summed E-state index contributed by atoms with van der Waals surface area (Å²) in [5.74, 6) is 2.45. The molecule has 2 aromatic rings. The van der Waals surface area contributed by atoms with Gasteiger partial charge in [-0.3, -0.25) is 4.79 Å². The lowest BCUT2D eigenvalue weighted by atomic mass is 10.0. The highest BCUT2D eigenvalue weighted by molar-refractivity contribution is 6.07. The molecule has 176 valence electrons. The molecule has 2 aromatic carbocycles. The maximum absolute atomic E-state index is 12.9. The van der Waals surface area contributed by atoms with Crippen molar-refractivity contribution in [1.82, 2.24) is 0 Å². The normalized spacial score (nSPS) is 11.8. The van der Waals surface area contributed by atoms with Crippen LogP contribution in [0.1, 0.15) is 70.0 Å². The zero-order valence-electron chi connectivity index (χ0n) is 21.0. The van der Waals surface area contributed by atoms with Crippen molar-refractivity contribution in [2.75, 3.05) is 0 Å². The molecule has 4 nitrogen and oxygen atoms in total. The molecule has 0 bridgehead atoms. The molecule has 0 heterocycles. The van der Waals surface area contributed by atoms with E-state index in [0.29, 0.717) is 35.0 Å². The monoisotopic (exact) mass is 448 g/mol. The molecule has 0 spiro atoms. The van der Waals surface area contributed by atoms with E-state index in [2.05, 4.69) is 13.2 Å². The van der Waals surface area contributed by atoms with Gasteiger partial charge >= 0.3 is 0 Å². The number of ketones is 1. The molecule has 0 atom stereocenters. The van der Waals surface area contributed by atoms with Crippen LogP contribution in [0.25, 0.3) is 6.08 Å². The standard InChI is InChI=1S/C29H36O4/c1-10-11-22-14-19-26(32-28(4,5)6)24(27(22)33-29(7,8)9)17-18-25(30)21-12-15-23(16-13-21)31-20(2)3/h10,12-19H,1-2,11H2,3-9H3. The Bertz CT molecular complexity index is 1030. The van der Waals surface area contributed by atoms with Gasteiger partial charge in [-0.1, -0.05) is 18.7 Å². The van der Waals surface area contributed by atoms with Gasteiger partial charge in [-0.05, 0) is 103 Å². The van der Waals surface area contributed by atoms with Crippen LogP contribution in [0.15, 0.2) is 67.5 Å². The lowest BCUT2D eigenvalue weighted by Gasteiger charge is -2.28. The number of hydrogen-bond donors (Lipinski definition) is 0. The van der Waals surface area contributed by atoms with Crippen molar-refractivity contribution in [3.05, 3.63) is 84.2 Å². The molecule has 0 fully saturated rings. The van der Waals surface area contributed by atoms with Crippen LogP contribution in [-0.2, 0) is 6.42 Å². The number of allylic oxidation sites excluding steroid dienone is 3. The minimum absolute atomic E-state index is 0.130.